The predicted molar refractivity (Wildman–Crippen MR) is 77.1 cm³/mol. The van der Waals surface area contributed by atoms with Crippen LogP contribution >= 0.6 is 0 Å². The van der Waals surface area contributed by atoms with E-state index in [-0.39, 0.29) is 19.2 Å². The number of aliphatic carboxylic acids is 1. The van der Waals surface area contributed by atoms with Crippen molar-refractivity contribution in [3.05, 3.63) is 0 Å². The van der Waals surface area contributed by atoms with E-state index in [1.165, 1.54) is 8.61 Å². The van der Waals surface area contributed by atoms with Gasteiger partial charge in [-0.15, -0.1) is 0 Å². The summed E-state index contributed by atoms with van der Waals surface area (Å²) in [5.74, 6) is -1.26. The molecular formula is C13H24N2O5S. The van der Waals surface area contributed by atoms with E-state index in [9.17, 15) is 13.2 Å². The van der Waals surface area contributed by atoms with Crippen LogP contribution in [0.2, 0.25) is 0 Å². The fraction of sp³-hybridized carbons (Fsp3) is 0.923. The quantitative estimate of drug-likeness (QED) is 0.798. The number of rotatable bonds is 5. The average molecular weight is 320 g/mol. The van der Waals surface area contributed by atoms with Gasteiger partial charge in [0.05, 0.1) is 12.0 Å². The van der Waals surface area contributed by atoms with E-state index in [0.717, 1.165) is 19.3 Å². The third kappa shape index (κ3) is 4.15. The fourth-order valence-electron chi connectivity index (χ4n) is 2.86. The van der Waals surface area contributed by atoms with Gasteiger partial charge in [0.1, 0.15) is 0 Å². The fourth-order valence-corrected chi connectivity index (χ4v) is 4.28. The molecule has 21 heavy (non-hydrogen) atoms. The van der Waals surface area contributed by atoms with Crippen LogP contribution in [0.25, 0.3) is 0 Å². The molecule has 0 aliphatic carbocycles. The van der Waals surface area contributed by atoms with Gasteiger partial charge >= 0.3 is 5.97 Å². The molecule has 0 bridgehead atoms. The van der Waals surface area contributed by atoms with Gasteiger partial charge in [0.15, 0.2) is 0 Å². The lowest BCUT2D eigenvalue weighted by molar-refractivity contribution is -0.142. The molecule has 0 saturated carbocycles. The van der Waals surface area contributed by atoms with Crippen molar-refractivity contribution in [3.8, 4) is 0 Å². The van der Waals surface area contributed by atoms with Crippen LogP contribution in [-0.4, -0.2) is 67.5 Å². The van der Waals surface area contributed by atoms with Crippen molar-refractivity contribution in [2.75, 3.05) is 33.3 Å². The molecule has 0 amide bonds. The number of carboxylic acids is 1. The lowest BCUT2D eigenvalue weighted by Gasteiger charge is -2.34. The number of hydrogen-bond acceptors (Lipinski definition) is 4. The van der Waals surface area contributed by atoms with Crippen molar-refractivity contribution in [3.63, 3.8) is 0 Å². The van der Waals surface area contributed by atoms with Crippen molar-refractivity contribution in [2.45, 2.75) is 38.2 Å². The van der Waals surface area contributed by atoms with Gasteiger partial charge in [-0.2, -0.15) is 17.0 Å². The molecule has 1 N–H and O–H groups in total. The maximum absolute atomic E-state index is 12.5. The Kier molecular flexibility index (Phi) is 5.59. The SMILES string of the molecule is CN(CC1CCCCO1)S(=O)(=O)N1CCC(C(=O)O)CC1. The molecular weight excluding hydrogens is 296 g/mol. The molecule has 0 aromatic heterocycles. The molecule has 1 atom stereocenters. The zero-order valence-electron chi connectivity index (χ0n) is 12.4. The summed E-state index contributed by atoms with van der Waals surface area (Å²) in [6.07, 6.45) is 3.72. The second-order valence-electron chi connectivity index (χ2n) is 5.79. The summed E-state index contributed by atoms with van der Waals surface area (Å²) in [4.78, 5) is 10.9. The Morgan fingerprint density at radius 1 is 1.29 bits per heavy atom. The number of nitrogens with zero attached hydrogens (tertiary/aromatic N) is 2. The van der Waals surface area contributed by atoms with Gasteiger partial charge in [0.2, 0.25) is 0 Å². The molecule has 7 nitrogen and oxygen atoms in total. The number of carbonyl (C=O) groups is 1. The van der Waals surface area contributed by atoms with Gasteiger partial charge in [0, 0.05) is 33.3 Å². The van der Waals surface area contributed by atoms with Crippen LogP contribution in [0.5, 0.6) is 0 Å². The Morgan fingerprint density at radius 2 is 1.95 bits per heavy atom. The third-order valence-electron chi connectivity index (χ3n) is 4.26. The Bertz CT molecular complexity index is 453. The highest BCUT2D eigenvalue weighted by Gasteiger charge is 2.34. The van der Waals surface area contributed by atoms with Gasteiger partial charge in [0.25, 0.3) is 10.2 Å². The summed E-state index contributed by atoms with van der Waals surface area (Å²) in [5.41, 5.74) is 0. The topological polar surface area (TPSA) is 87.2 Å². The van der Waals surface area contributed by atoms with E-state index in [1.807, 2.05) is 0 Å². The molecule has 8 heteroatoms. The molecule has 0 radical (unpaired) electrons. The molecule has 2 aliphatic rings. The highest BCUT2D eigenvalue weighted by molar-refractivity contribution is 7.86. The first kappa shape index (κ1) is 16.7. The van der Waals surface area contributed by atoms with E-state index in [0.29, 0.717) is 26.0 Å². The molecule has 1 unspecified atom stereocenters. The number of likely N-dealkylation sites (N-methyl/N-ethyl adjacent to an activating group) is 1. The van der Waals surface area contributed by atoms with Crippen LogP contribution < -0.4 is 0 Å². The molecule has 0 aromatic rings. The third-order valence-corrected chi connectivity index (χ3v) is 6.21. The van der Waals surface area contributed by atoms with Gasteiger partial charge in [-0.25, -0.2) is 0 Å². The predicted octanol–water partition coefficient (Wildman–Crippen LogP) is 0.529. The Morgan fingerprint density at radius 3 is 2.48 bits per heavy atom. The summed E-state index contributed by atoms with van der Waals surface area (Å²) >= 11 is 0. The molecule has 2 heterocycles. The van der Waals surface area contributed by atoms with Gasteiger partial charge in [-0.3, -0.25) is 4.79 Å². The Hall–Kier alpha value is -0.700. The van der Waals surface area contributed by atoms with Crippen molar-refractivity contribution >= 4 is 16.2 Å². The van der Waals surface area contributed by atoms with Crippen LogP contribution in [0, 0.1) is 5.92 Å². The van der Waals surface area contributed by atoms with Crippen LogP contribution in [0.1, 0.15) is 32.1 Å². The minimum Gasteiger partial charge on any atom is -0.481 e. The smallest absolute Gasteiger partial charge is 0.306 e. The summed E-state index contributed by atoms with van der Waals surface area (Å²) in [5, 5.41) is 8.96. The standard InChI is InChI=1S/C13H24N2O5S/c1-14(10-12-4-2-3-9-20-12)21(18,19)15-7-5-11(6-8-15)13(16)17/h11-12H,2-10H2,1H3,(H,16,17). The van der Waals surface area contributed by atoms with Crippen molar-refractivity contribution < 1.29 is 23.1 Å². The van der Waals surface area contributed by atoms with Crippen LogP contribution in [0.4, 0.5) is 0 Å². The minimum atomic E-state index is -3.52. The number of piperidine rings is 1. The highest BCUT2D eigenvalue weighted by atomic mass is 32.2. The monoisotopic (exact) mass is 320 g/mol. The molecule has 2 fully saturated rings. The first-order valence-corrected chi connectivity index (χ1v) is 8.87. The Balaban J connectivity index is 1.90. The van der Waals surface area contributed by atoms with Crippen LogP contribution in [-0.2, 0) is 19.7 Å². The molecule has 2 saturated heterocycles. The zero-order valence-corrected chi connectivity index (χ0v) is 13.2. The van der Waals surface area contributed by atoms with Gasteiger partial charge in [-0.05, 0) is 32.1 Å². The first-order valence-electron chi connectivity index (χ1n) is 7.47. The van der Waals surface area contributed by atoms with Crippen LogP contribution in [0.3, 0.4) is 0 Å². The lowest BCUT2D eigenvalue weighted by Crippen LogP contribution is -2.48. The second kappa shape index (κ2) is 7.04. The summed E-state index contributed by atoms with van der Waals surface area (Å²) < 4.78 is 33.3. The first-order chi connectivity index (χ1) is 9.91. The maximum atomic E-state index is 12.5. The van der Waals surface area contributed by atoms with Crippen molar-refractivity contribution in [2.24, 2.45) is 5.92 Å². The van der Waals surface area contributed by atoms with Crippen LogP contribution in [0.15, 0.2) is 0 Å². The molecule has 2 rings (SSSR count). The summed E-state index contributed by atoms with van der Waals surface area (Å²) in [6, 6.07) is 0. The average Bonchev–Trinajstić information content (AvgIpc) is 2.48. The van der Waals surface area contributed by atoms with Gasteiger partial charge in [-0.1, -0.05) is 0 Å². The number of carboxylic acid groups (broad SMARTS) is 1. The molecule has 0 aromatic carbocycles. The van der Waals surface area contributed by atoms with E-state index in [1.54, 1.807) is 7.05 Å². The normalized spacial score (nSPS) is 26.1. The Labute approximate surface area is 126 Å². The largest absolute Gasteiger partial charge is 0.481 e. The van der Waals surface area contributed by atoms with Crippen molar-refractivity contribution in [1.29, 1.82) is 0 Å². The molecule has 0 spiro atoms. The minimum absolute atomic E-state index is 0.0323. The maximum Gasteiger partial charge on any atom is 0.306 e. The zero-order chi connectivity index (χ0) is 15.5. The lowest BCUT2D eigenvalue weighted by atomic mass is 9.99. The van der Waals surface area contributed by atoms with E-state index >= 15 is 0 Å². The summed E-state index contributed by atoms with van der Waals surface area (Å²) in [7, 11) is -1.95. The molecule has 2 aliphatic heterocycles. The number of ether oxygens (including phenoxy) is 1. The van der Waals surface area contributed by atoms with Crippen molar-refractivity contribution in [1.82, 2.24) is 8.61 Å². The highest BCUT2D eigenvalue weighted by Crippen LogP contribution is 2.22. The van der Waals surface area contributed by atoms with Gasteiger partial charge < -0.3 is 9.84 Å². The summed E-state index contributed by atoms with van der Waals surface area (Å²) in [6.45, 7) is 1.61. The second-order valence-corrected chi connectivity index (χ2v) is 7.82. The van der Waals surface area contributed by atoms with E-state index in [4.69, 9.17) is 9.84 Å². The van der Waals surface area contributed by atoms with E-state index in [2.05, 4.69) is 0 Å². The number of hydrogen-bond donors (Lipinski definition) is 1. The van der Waals surface area contributed by atoms with E-state index < -0.39 is 22.1 Å². The molecule has 122 valence electrons.